The summed E-state index contributed by atoms with van der Waals surface area (Å²) in [7, 11) is 1.96. The van der Waals surface area contributed by atoms with Gasteiger partial charge >= 0.3 is 0 Å². The number of hydrogen-bond donors (Lipinski definition) is 1. The lowest BCUT2D eigenvalue weighted by molar-refractivity contribution is 0.164. The van der Waals surface area contributed by atoms with Crippen molar-refractivity contribution < 1.29 is 5.11 Å². The number of thiazole rings is 1. The van der Waals surface area contributed by atoms with Crippen LogP contribution in [0.4, 0.5) is 0 Å². The highest BCUT2D eigenvalue weighted by molar-refractivity contribution is 7.15. The third-order valence-corrected chi connectivity index (χ3v) is 4.75. The molecule has 5 nitrogen and oxygen atoms in total. The van der Waals surface area contributed by atoms with Crippen LogP contribution in [0.1, 0.15) is 29.1 Å². The molecule has 0 saturated carbocycles. The van der Waals surface area contributed by atoms with E-state index >= 15 is 0 Å². The lowest BCUT2D eigenvalue weighted by Gasteiger charge is -2.09. The number of imidazole rings is 1. The van der Waals surface area contributed by atoms with Gasteiger partial charge in [-0.2, -0.15) is 5.10 Å². The summed E-state index contributed by atoms with van der Waals surface area (Å²) in [5.41, 5.74) is 4.45. The highest BCUT2D eigenvalue weighted by atomic mass is 32.1. The van der Waals surface area contributed by atoms with Crippen LogP contribution in [-0.2, 0) is 19.9 Å². The van der Waals surface area contributed by atoms with Gasteiger partial charge in [0.05, 0.1) is 17.5 Å². The first-order valence-corrected chi connectivity index (χ1v) is 8.00. The molecule has 0 saturated heterocycles. The van der Waals surface area contributed by atoms with Gasteiger partial charge in [-0.25, -0.2) is 4.98 Å². The molecule has 21 heavy (non-hydrogen) atoms. The quantitative estimate of drug-likeness (QED) is 0.787. The molecule has 0 aromatic carbocycles. The van der Waals surface area contributed by atoms with E-state index < -0.39 is 0 Å². The van der Waals surface area contributed by atoms with Gasteiger partial charge in [0.1, 0.15) is 0 Å². The Hall–Kier alpha value is -1.66. The van der Waals surface area contributed by atoms with Crippen LogP contribution >= 0.6 is 11.3 Å². The molecule has 0 bridgehead atoms. The molecule has 3 rings (SSSR count). The average Bonchev–Trinajstić information content (AvgIpc) is 3.04. The number of aromatic nitrogens is 4. The van der Waals surface area contributed by atoms with Crippen molar-refractivity contribution in [3.63, 3.8) is 0 Å². The predicted octanol–water partition coefficient (Wildman–Crippen LogP) is 2.28. The summed E-state index contributed by atoms with van der Waals surface area (Å²) in [6.07, 6.45) is 5.81. The van der Waals surface area contributed by atoms with E-state index in [1.807, 2.05) is 40.8 Å². The topological polar surface area (TPSA) is 55.3 Å². The molecule has 1 unspecified atom stereocenters. The molecule has 0 aliphatic rings. The fourth-order valence-electron chi connectivity index (χ4n) is 2.71. The Morgan fingerprint density at radius 1 is 1.38 bits per heavy atom. The van der Waals surface area contributed by atoms with E-state index in [4.69, 9.17) is 0 Å². The fraction of sp³-hybridized carbons (Fsp3) is 0.467. The number of aliphatic hydroxyl groups is 1. The Morgan fingerprint density at radius 2 is 2.19 bits per heavy atom. The zero-order chi connectivity index (χ0) is 15.0. The molecule has 1 N–H and O–H groups in total. The number of nitrogens with zero attached hydrogens (tertiary/aromatic N) is 4. The predicted molar refractivity (Wildman–Crippen MR) is 83.8 cm³/mol. The minimum Gasteiger partial charge on any atom is -0.393 e. The molecule has 0 aliphatic heterocycles. The molecule has 0 aliphatic carbocycles. The van der Waals surface area contributed by atoms with Crippen molar-refractivity contribution in [2.75, 3.05) is 0 Å². The summed E-state index contributed by atoms with van der Waals surface area (Å²) in [5, 5.41) is 16.7. The highest BCUT2D eigenvalue weighted by Gasteiger charge is 2.14. The number of aryl methyl sites for hydroxylation is 2. The Labute approximate surface area is 127 Å². The SMILES string of the molecule is Cc1nn(C)c(C)c1CCC(O)Cc1cn2ccsc2n1. The lowest BCUT2D eigenvalue weighted by Crippen LogP contribution is -2.12. The molecule has 3 aromatic rings. The second kappa shape index (κ2) is 5.61. The molecule has 6 heteroatoms. The summed E-state index contributed by atoms with van der Waals surface area (Å²) in [6.45, 7) is 4.10. The van der Waals surface area contributed by atoms with Crippen LogP contribution in [0.2, 0.25) is 0 Å². The van der Waals surface area contributed by atoms with Crippen molar-refractivity contribution in [3.05, 3.63) is 40.4 Å². The van der Waals surface area contributed by atoms with E-state index in [0.29, 0.717) is 6.42 Å². The molecule has 3 aromatic heterocycles. The van der Waals surface area contributed by atoms with Gasteiger partial charge < -0.3 is 5.11 Å². The van der Waals surface area contributed by atoms with Gasteiger partial charge in [0, 0.05) is 36.9 Å². The van der Waals surface area contributed by atoms with Crippen LogP contribution in [0.25, 0.3) is 4.96 Å². The smallest absolute Gasteiger partial charge is 0.193 e. The molecule has 0 spiro atoms. The van der Waals surface area contributed by atoms with Gasteiger partial charge in [-0.15, -0.1) is 11.3 Å². The molecule has 1 atom stereocenters. The van der Waals surface area contributed by atoms with Crippen molar-refractivity contribution in [1.29, 1.82) is 0 Å². The highest BCUT2D eigenvalue weighted by Crippen LogP contribution is 2.17. The molecule has 112 valence electrons. The van der Waals surface area contributed by atoms with Gasteiger partial charge in [-0.1, -0.05) is 0 Å². The summed E-state index contributed by atoms with van der Waals surface area (Å²) in [5.74, 6) is 0. The summed E-state index contributed by atoms with van der Waals surface area (Å²) in [4.78, 5) is 5.49. The fourth-order valence-corrected chi connectivity index (χ4v) is 3.43. The third kappa shape index (κ3) is 2.87. The second-order valence-corrected chi connectivity index (χ2v) is 6.37. The standard InChI is InChI=1S/C15H20N4OS/c1-10-14(11(2)18(3)17-10)5-4-13(20)8-12-9-19-6-7-21-15(19)16-12/h6-7,9,13,20H,4-5,8H2,1-3H3. The van der Waals surface area contributed by atoms with Gasteiger partial charge in [0.25, 0.3) is 0 Å². The van der Waals surface area contributed by atoms with Crippen LogP contribution in [0.3, 0.4) is 0 Å². The largest absolute Gasteiger partial charge is 0.393 e. The van der Waals surface area contributed by atoms with E-state index in [9.17, 15) is 5.11 Å². The van der Waals surface area contributed by atoms with Crippen molar-refractivity contribution >= 4 is 16.3 Å². The Bertz CT molecular complexity index is 726. The van der Waals surface area contributed by atoms with Gasteiger partial charge in [-0.3, -0.25) is 9.08 Å². The number of aliphatic hydroxyl groups excluding tert-OH is 1. The number of fused-ring (bicyclic) bond motifs is 1. The molecule has 0 radical (unpaired) electrons. The Kier molecular flexibility index (Phi) is 3.82. The Balaban J connectivity index is 1.61. The Morgan fingerprint density at radius 3 is 2.86 bits per heavy atom. The van der Waals surface area contributed by atoms with Crippen LogP contribution in [0.5, 0.6) is 0 Å². The van der Waals surface area contributed by atoms with Crippen molar-refractivity contribution in [3.8, 4) is 0 Å². The van der Waals surface area contributed by atoms with E-state index in [1.165, 1.54) is 11.3 Å². The molecular weight excluding hydrogens is 284 g/mol. The number of hydrogen-bond acceptors (Lipinski definition) is 4. The zero-order valence-electron chi connectivity index (χ0n) is 12.6. The lowest BCUT2D eigenvalue weighted by atomic mass is 10.0. The maximum Gasteiger partial charge on any atom is 0.193 e. The van der Waals surface area contributed by atoms with Crippen LogP contribution in [0, 0.1) is 13.8 Å². The monoisotopic (exact) mass is 304 g/mol. The maximum atomic E-state index is 10.2. The maximum absolute atomic E-state index is 10.2. The first-order chi connectivity index (χ1) is 10.0. The summed E-state index contributed by atoms with van der Waals surface area (Å²) < 4.78 is 3.91. The van der Waals surface area contributed by atoms with Gasteiger partial charge in [-0.05, 0) is 32.3 Å². The molecule has 0 fully saturated rings. The molecular formula is C15H20N4OS. The van der Waals surface area contributed by atoms with Gasteiger partial charge in [0.15, 0.2) is 4.96 Å². The zero-order valence-corrected chi connectivity index (χ0v) is 13.4. The van der Waals surface area contributed by atoms with E-state index in [0.717, 1.165) is 29.2 Å². The van der Waals surface area contributed by atoms with E-state index in [2.05, 4.69) is 17.0 Å². The van der Waals surface area contributed by atoms with Gasteiger partial charge in [0.2, 0.25) is 0 Å². The van der Waals surface area contributed by atoms with Crippen LogP contribution in [-0.4, -0.2) is 30.4 Å². The van der Waals surface area contributed by atoms with Crippen molar-refractivity contribution in [2.24, 2.45) is 7.05 Å². The number of rotatable bonds is 5. The first kappa shape index (κ1) is 14.3. The molecule has 0 amide bonds. The second-order valence-electron chi connectivity index (χ2n) is 5.49. The normalized spacial score (nSPS) is 13.1. The summed E-state index contributed by atoms with van der Waals surface area (Å²) in [6, 6.07) is 0. The van der Waals surface area contributed by atoms with Crippen molar-refractivity contribution in [2.45, 2.75) is 39.2 Å². The minimum absolute atomic E-state index is 0.367. The van der Waals surface area contributed by atoms with E-state index in [-0.39, 0.29) is 6.10 Å². The van der Waals surface area contributed by atoms with Crippen molar-refractivity contribution in [1.82, 2.24) is 19.2 Å². The molecule has 3 heterocycles. The summed E-state index contributed by atoms with van der Waals surface area (Å²) >= 11 is 1.61. The van der Waals surface area contributed by atoms with E-state index in [1.54, 1.807) is 11.3 Å². The van der Waals surface area contributed by atoms with Crippen LogP contribution < -0.4 is 0 Å². The first-order valence-electron chi connectivity index (χ1n) is 7.13. The minimum atomic E-state index is -0.367. The van der Waals surface area contributed by atoms with Crippen LogP contribution in [0.15, 0.2) is 17.8 Å². The third-order valence-electron chi connectivity index (χ3n) is 3.97. The average molecular weight is 304 g/mol.